The van der Waals surface area contributed by atoms with Crippen LogP contribution in [0.15, 0.2) is 0 Å². The number of hydrogen-bond donors (Lipinski definition) is 0. The molecule has 0 saturated carbocycles. The van der Waals surface area contributed by atoms with E-state index in [9.17, 15) is 9.59 Å². The Morgan fingerprint density at radius 1 is 1.20 bits per heavy atom. The smallest absolute Gasteiger partial charge is 0.305 e. The SMILES string of the molecule is CCCC(=O)C[C@@H](C)CCC(=O)OCC. The minimum absolute atomic E-state index is 0.160. The van der Waals surface area contributed by atoms with Gasteiger partial charge >= 0.3 is 5.97 Å². The molecule has 0 N–H and O–H groups in total. The lowest BCUT2D eigenvalue weighted by molar-refractivity contribution is -0.143. The maximum atomic E-state index is 11.3. The normalized spacial score (nSPS) is 12.2. The minimum atomic E-state index is -0.160. The van der Waals surface area contributed by atoms with Gasteiger partial charge in [-0.2, -0.15) is 0 Å². The van der Waals surface area contributed by atoms with E-state index in [0.717, 1.165) is 12.8 Å². The standard InChI is InChI=1S/C12H22O3/c1-4-6-11(13)9-10(3)7-8-12(14)15-5-2/h10H,4-9H2,1-3H3/t10-/m0/s1. The second-order valence-corrected chi connectivity index (χ2v) is 3.94. The highest BCUT2D eigenvalue weighted by Crippen LogP contribution is 2.12. The van der Waals surface area contributed by atoms with Crippen LogP contribution in [0.2, 0.25) is 0 Å². The van der Waals surface area contributed by atoms with Gasteiger partial charge < -0.3 is 4.74 Å². The fourth-order valence-corrected chi connectivity index (χ4v) is 1.47. The molecule has 0 aromatic rings. The number of hydrogen-bond acceptors (Lipinski definition) is 3. The lowest BCUT2D eigenvalue weighted by atomic mass is 9.97. The quantitative estimate of drug-likeness (QED) is 0.583. The summed E-state index contributed by atoms with van der Waals surface area (Å²) in [5.74, 6) is 0.426. The monoisotopic (exact) mass is 214 g/mol. The molecule has 0 aliphatic heterocycles. The molecule has 3 nitrogen and oxygen atoms in total. The third-order valence-corrected chi connectivity index (χ3v) is 2.25. The zero-order valence-corrected chi connectivity index (χ0v) is 10.0. The van der Waals surface area contributed by atoms with E-state index in [4.69, 9.17) is 4.74 Å². The largest absolute Gasteiger partial charge is 0.466 e. The molecule has 0 unspecified atom stereocenters. The number of carbonyl (C=O) groups is 2. The number of Topliss-reactive ketones (excluding diaryl/α,β-unsaturated/α-hetero) is 1. The Morgan fingerprint density at radius 2 is 1.87 bits per heavy atom. The third-order valence-electron chi connectivity index (χ3n) is 2.25. The summed E-state index contributed by atoms with van der Waals surface area (Å²) in [5.41, 5.74) is 0. The lowest BCUT2D eigenvalue weighted by Gasteiger charge is -2.09. The summed E-state index contributed by atoms with van der Waals surface area (Å²) in [6, 6.07) is 0. The maximum Gasteiger partial charge on any atom is 0.305 e. The zero-order valence-electron chi connectivity index (χ0n) is 10.0. The molecule has 0 aromatic carbocycles. The van der Waals surface area contributed by atoms with Crippen molar-refractivity contribution in [1.29, 1.82) is 0 Å². The first-order chi connectivity index (χ1) is 7.10. The van der Waals surface area contributed by atoms with Gasteiger partial charge in [0.2, 0.25) is 0 Å². The van der Waals surface area contributed by atoms with Gasteiger partial charge in [-0.05, 0) is 25.7 Å². The highest BCUT2D eigenvalue weighted by Gasteiger charge is 2.10. The Bertz CT molecular complexity index is 199. The van der Waals surface area contributed by atoms with E-state index in [0.29, 0.717) is 31.7 Å². The van der Waals surface area contributed by atoms with Gasteiger partial charge in [0.05, 0.1) is 6.61 Å². The van der Waals surface area contributed by atoms with Crippen LogP contribution in [-0.4, -0.2) is 18.4 Å². The highest BCUT2D eigenvalue weighted by atomic mass is 16.5. The molecular formula is C12H22O3. The molecular weight excluding hydrogens is 192 g/mol. The Kier molecular flexibility index (Phi) is 7.96. The van der Waals surface area contributed by atoms with Crippen molar-refractivity contribution in [3.8, 4) is 0 Å². The van der Waals surface area contributed by atoms with E-state index in [1.165, 1.54) is 0 Å². The first kappa shape index (κ1) is 14.1. The summed E-state index contributed by atoms with van der Waals surface area (Å²) in [7, 11) is 0. The van der Waals surface area contributed by atoms with E-state index in [1.807, 2.05) is 13.8 Å². The van der Waals surface area contributed by atoms with E-state index < -0.39 is 0 Å². The molecule has 15 heavy (non-hydrogen) atoms. The van der Waals surface area contributed by atoms with Crippen LogP contribution in [0.4, 0.5) is 0 Å². The van der Waals surface area contributed by atoms with Crippen LogP contribution in [0.3, 0.4) is 0 Å². The molecule has 0 saturated heterocycles. The molecule has 0 spiro atoms. The molecule has 1 atom stereocenters. The topological polar surface area (TPSA) is 43.4 Å². The van der Waals surface area contributed by atoms with Gasteiger partial charge in [-0.1, -0.05) is 13.8 Å². The van der Waals surface area contributed by atoms with Gasteiger partial charge in [-0.25, -0.2) is 0 Å². The molecule has 0 fully saturated rings. The summed E-state index contributed by atoms with van der Waals surface area (Å²) < 4.78 is 4.82. The molecule has 0 aliphatic rings. The molecule has 0 heterocycles. The summed E-state index contributed by atoms with van der Waals surface area (Å²) in [5, 5.41) is 0. The summed E-state index contributed by atoms with van der Waals surface area (Å²) in [4.78, 5) is 22.4. The first-order valence-corrected chi connectivity index (χ1v) is 5.77. The van der Waals surface area contributed by atoms with E-state index in [-0.39, 0.29) is 11.9 Å². The predicted octanol–water partition coefficient (Wildman–Crippen LogP) is 2.73. The van der Waals surface area contributed by atoms with Crippen LogP contribution in [0.1, 0.15) is 52.9 Å². The van der Waals surface area contributed by atoms with Crippen molar-refractivity contribution in [3.05, 3.63) is 0 Å². The van der Waals surface area contributed by atoms with Crippen LogP contribution < -0.4 is 0 Å². The molecule has 0 bridgehead atoms. The average molecular weight is 214 g/mol. The van der Waals surface area contributed by atoms with Crippen molar-refractivity contribution in [1.82, 2.24) is 0 Å². The average Bonchev–Trinajstić information content (AvgIpc) is 2.15. The number of rotatable bonds is 8. The first-order valence-electron chi connectivity index (χ1n) is 5.77. The van der Waals surface area contributed by atoms with Gasteiger partial charge in [0.1, 0.15) is 5.78 Å². The Labute approximate surface area is 92.2 Å². The molecule has 0 aromatic heterocycles. The summed E-state index contributed by atoms with van der Waals surface area (Å²) in [6.45, 7) is 6.24. The number of carbonyl (C=O) groups excluding carboxylic acids is 2. The number of ketones is 1. The van der Waals surface area contributed by atoms with Crippen molar-refractivity contribution in [2.75, 3.05) is 6.61 Å². The van der Waals surface area contributed by atoms with Gasteiger partial charge in [0, 0.05) is 19.3 Å². The fraction of sp³-hybridized carbons (Fsp3) is 0.833. The Hall–Kier alpha value is -0.860. The van der Waals surface area contributed by atoms with Gasteiger partial charge in [-0.3, -0.25) is 9.59 Å². The minimum Gasteiger partial charge on any atom is -0.466 e. The van der Waals surface area contributed by atoms with Crippen LogP contribution in [0, 0.1) is 5.92 Å². The van der Waals surface area contributed by atoms with Gasteiger partial charge in [-0.15, -0.1) is 0 Å². The highest BCUT2D eigenvalue weighted by molar-refractivity contribution is 5.78. The van der Waals surface area contributed by atoms with Crippen molar-refractivity contribution in [2.24, 2.45) is 5.92 Å². The summed E-state index contributed by atoms with van der Waals surface area (Å²) >= 11 is 0. The molecule has 0 rings (SSSR count). The molecule has 0 aliphatic carbocycles. The number of ether oxygens (including phenoxy) is 1. The molecule has 0 amide bonds. The van der Waals surface area contributed by atoms with Gasteiger partial charge in [0.15, 0.2) is 0 Å². The van der Waals surface area contributed by atoms with E-state index in [1.54, 1.807) is 6.92 Å². The van der Waals surface area contributed by atoms with Crippen LogP contribution in [0.25, 0.3) is 0 Å². The lowest BCUT2D eigenvalue weighted by Crippen LogP contribution is -2.09. The molecule has 0 radical (unpaired) electrons. The fourth-order valence-electron chi connectivity index (χ4n) is 1.47. The van der Waals surface area contributed by atoms with Gasteiger partial charge in [0.25, 0.3) is 0 Å². The van der Waals surface area contributed by atoms with Crippen LogP contribution in [0.5, 0.6) is 0 Å². The van der Waals surface area contributed by atoms with E-state index >= 15 is 0 Å². The van der Waals surface area contributed by atoms with Crippen LogP contribution >= 0.6 is 0 Å². The van der Waals surface area contributed by atoms with Crippen molar-refractivity contribution in [2.45, 2.75) is 52.9 Å². The Balaban J connectivity index is 3.60. The van der Waals surface area contributed by atoms with Crippen molar-refractivity contribution < 1.29 is 14.3 Å². The zero-order chi connectivity index (χ0) is 11.7. The second kappa shape index (κ2) is 8.45. The Morgan fingerprint density at radius 3 is 2.40 bits per heavy atom. The molecule has 88 valence electrons. The molecule has 3 heteroatoms. The maximum absolute atomic E-state index is 11.3. The predicted molar refractivity (Wildman–Crippen MR) is 59.6 cm³/mol. The van der Waals surface area contributed by atoms with Crippen LogP contribution in [-0.2, 0) is 14.3 Å². The third kappa shape index (κ3) is 8.16. The number of esters is 1. The van der Waals surface area contributed by atoms with E-state index in [2.05, 4.69) is 0 Å². The van der Waals surface area contributed by atoms with Crippen molar-refractivity contribution >= 4 is 11.8 Å². The second-order valence-electron chi connectivity index (χ2n) is 3.94. The summed E-state index contributed by atoms with van der Waals surface area (Å²) in [6.07, 6.45) is 3.32. The van der Waals surface area contributed by atoms with Crippen molar-refractivity contribution in [3.63, 3.8) is 0 Å².